The van der Waals surface area contributed by atoms with Crippen molar-refractivity contribution in [3.63, 3.8) is 0 Å². The zero-order valence-electron chi connectivity index (χ0n) is 13.7. The van der Waals surface area contributed by atoms with Gasteiger partial charge < -0.3 is 15.7 Å². The topological polar surface area (TPSA) is 61.4 Å². The van der Waals surface area contributed by atoms with Crippen molar-refractivity contribution in [1.82, 2.24) is 10.6 Å². The number of rotatable bonds is 5. The third kappa shape index (κ3) is 4.58. The van der Waals surface area contributed by atoms with Crippen LogP contribution in [0.1, 0.15) is 44.6 Å². The molecular weight excluding hydrogens is 288 g/mol. The molecule has 1 aromatic rings. The van der Waals surface area contributed by atoms with Gasteiger partial charge in [-0.25, -0.2) is 4.79 Å². The van der Waals surface area contributed by atoms with Crippen LogP contribution in [0.5, 0.6) is 0 Å². The first-order valence-corrected chi connectivity index (χ1v) is 8.60. The molecule has 4 nitrogen and oxygen atoms in total. The maximum absolute atomic E-state index is 10.7. The standard InChI is InChI=1S/C19H26N2O2/c1-13(11-14-5-3-2-4-6-14)17-12-18(17)20-15-7-9-16(10-8-15)21-19(22)23/h2-6,11,15-18,20-21H,7-10,12H2,1H3,(H,22,23)/b13-11+/t15-,16-,17?,18?. The number of hydrogen-bond acceptors (Lipinski definition) is 2. The molecule has 2 atom stereocenters. The Bertz CT molecular complexity index is 562. The summed E-state index contributed by atoms with van der Waals surface area (Å²) in [6, 6.07) is 11.8. The van der Waals surface area contributed by atoms with Crippen LogP contribution in [0, 0.1) is 5.92 Å². The Kier molecular flexibility index (Phi) is 5.01. The van der Waals surface area contributed by atoms with Gasteiger partial charge in [-0.05, 0) is 50.5 Å². The van der Waals surface area contributed by atoms with E-state index >= 15 is 0 Å². The first-order valence-electron chi connectivity index (χ1n) is 8.60. The van der Waals surface area contributed by atoms with E-state index in [0.29, 0.717) is 18.0 Å². The van der Waals surface area contributed by atoms with E-state index in [1.54, 1.807) is 0 Å². The summed E-state index contributed by atoms with van der Waals surface area (Å²) < 4.78 is 0. The summed E-state index contributed by atoms with van der Waals surface area (Å²) in [5.41, 5.74) is 2.73. The molecule has 1 aromatic carbocycles. The minimum atomic E-state index is -0.898. The number of nitrogens with one attached hydrogen (secondary N) is 2. The van der Waals surface area contributed by atoms with Gasteiger partial charge in [0.1, 0.15) is 0 Å². The fourth-order valence-corrected chi connectivity index (χ4v) is 3.68. The minimum absolute atomic E-state index is 0.139. The molecule has 2 aliphatic rings. The number of hydrogen-bond donors (Lipinski definition) is 3. The van der Waals surface area contributed by atoms with Crippen molar-refractivity contribution in [2.75, 3.05) is 0 Å². The number of benzene rings is 1. The second-order valence-electron chi connectivity index (χ2n) is 6.91. The number of carboxylic acid groups (broad SMARTS) is 1. The van der Waals surface area contributed by atoms with Crippen molar-refractivity contribution < 1.29 is 9.90 Å². The monoisotopic (exact) mass is 314 g/mol. The average Bonchev–Trinajstić information content (AvgIpc) is 3.29. The van der Waals surface area contributed by atoms with Crippen molar-refractivity contribution in [3.05, 3.63) is 41.5 Å². The molecule has 3 N–H and O–H groups in total. The molecule has 3 rings (SSSR count). The van der Waals surface area contributed by atoms with Gasteiger partial charge in [0.25, 0.3) is 0 Å². The highest BCUT2D eigenvalue weighted by molar-refractivity contribution is 5.64. The highest BCUT2D eigenvalue weighted by Crippen LogP contribution is 2.39. The molecule has 23 heavy (non-hydrogen) atoms. The lowest BCUT2D eigenvalue weighted by molar-refractivity contribution is 0.183. The second kappa shape index (κ2) is 7.18. The first-order chi connectivity index (χ1) is 11.1. The summed E-state index contributed by atoms with van der Waals surface area (Å²) >= 11 is 0. The summed E-state index contributed by atoms with van der Waals surface area (Å²) in [6.45, 7) is 2.23. The van der Waals surface area contributed by atoms with Gasteiger partial charge in [-0.15, -0.1) is 0 Å². The van der Waals surface area contributed by atoms with Crippen molar-refractivity contribution in [1.29, 1.82) is 0 Å². The number of carbonyl (C=O) groups is 1. The van der Waals surface area contributed by atoms with Gasteiger partial charge >= 0.3 is 6.09 Å². The van der Waals surface area contributed by atoms with Gasteiger partial charge in [0.15, 0.2) is 0 Å². The van der Waals surface area contributed by atoms with Crippen molar-refractivity contribution in [2.45, 2.75) is 57.2 Å². The predicted molar refractivity (Wildman–Crippen MR) is 92.3 cm³/mol. The summed E-state index contributed by atoms with van der Waals surface area (Å²) in [5.74, 6) is 0.657. The van der Waals surface area contributed by atoms with E-state index in [9.17, 15) is 4.79 Å². The fourth-order valence-electron chi connectivity index (χ4n) is 3.68. The molecule has 4 heteroatoms. The van der Waals surface area contributed by atoms with Gasteiger partial charge in [0.2, 0.25) is 0 Å². The first kappa shape index (κ1) is 16.1. The largest absolute Gasteiger partial charge is 0.465 e. The van der Waals surface area contributed by atoms with E-state index < -0.39 is 6.09 Å². The maximum atomic E-state index is 10.7. The third-order valence-electron chi connectivity index (χ3n) is 5.07. The van der Waals surface area contributed by atoms with Crippen LogP contribution in [-0.2, 0) is 0 Å². The fraction of sp³-hybridized carbons (Fsp3) is 0.526. The molecule has 0 aromatic heterocycles. The molecule has 2 saturated carbocycles. The molecule has 1 amide bonds. The Morgan fingerprint density at radius 1 is 1.13 bits per heavy atom. The normalized spacial score (nSPS) is 30.7. The molecule has 0 spiro atoms. The van der Waals surface area contributed by atoms with Gasteiger partial charge in [0, 0.05) is 18.1 Å². The summed E-state index contributed by atoms with van der Waals surface area (Å²) in [4.78, 5) is 10.7. The van der Waals surface area contributed by atoms with Crippen LogP contribution in [0.25, 0.3) is 6.08 Å². The van der Waals surface area contributed by atoms with Crippen LogP contribution in [0.2, 0.25) is 0 Å². The summed E-state index contributed by atoms with van der Waals surface area (Å²) in [7, 11) is 0. The van der Waals surface area contributed by atoms with Crippen molar-refractivity contribution in [3.8, 4) is 0 Å². The minimum Gasteiger partial charge on any atom is -0.465 e. The highest BCUT2D eigenvalue weighted by Gasteiger charge is 2.39. The smallest absolute Gasteiger partial charge is 0.404 e. The van der Waals surface area contributed by atoms with Gasteiger partial charge in [0.05, 0.1) is 0 Å². The van der Waals surface area contributed by atoms with E-state index in [1.165, 1.54) is 17.6 Å². The zero-order chi connectivity index (χ0) is 16.2. The lowest BCUT2D eigenvalue weighted by atomic mass is 9.91. The molecule has 2 aliphatic carbocycles. The van der Waals surface area contributed by atoms with E-state index in [-0.39, 0.29) is 6.04 Å². The predicted octanol–water partition coefficient (Wildman–Crippen LogP) is 3.65. The zero-order valence-corrected chi connectivity index (χ0v) is 13.7. The molecule has 0 bridgehead atoms. The van der Waals surface area contributed by atoms with E-state index in [2.05, 4.69) is 47.9 Å². The molecule has 0 heterocycles. The van der Waals surface area contributed by atoms with Crippen LogP contribution < -0.4 is 10.6 Å². The van der Waals surface area contributed by atoms with Crippen LogP contribution in [0.15, 0.2) is 35.9 Å². The maximum Gasteiger partial charge on any atom is 0.404 e. The molecule has 0 saturated heterocycles. The molecule has 2 unspecified atom stereocenters. The third-order valence-corrected chi connectivity index (χ3v) is 5.07. The Balaban J connectivity index is 1.43. The van der Waals surface area contributed by atoms with E-state index in [4.69, 9.17) is 5.11 Å². The Hall–Kier alpha value is -1.81. The van der Waals surface area contributed by atoms with Crippen LogP contribution >= 0.6 is 0 Å². The van der Waals surface area contributed by atoms with Gasteiger partial charge in [-0.2, -0.15) is 0 Å². The van der Waals surface area contributed by atoms with Crippen molar-refractivity contribution in [2.24, 2.45) is 5.92 Å². The van der Waals surface area contributed by atoms with Crippen LogP contribution in [-0.4, -0.2) is 29.3 Å². The summed E-state index contributed by atoms with van der Waals surface area (Å²) in [6.07, 6.45) is 6.64. The summed E-state index contributed by atoms with van der Waals surface area (Å²) in [5, 5.41) is 15.1. The molecule has 0 aliphatic heterocycles. The number of amides is 1. The van der Waals surface area contributed by atoms with Crippen LogP contribution in [0.4, 0.5) is 4.79 Å². The molecule has 0 radical (unpaired) electrons. The second-order valence-corrected chi connectivity index (χ2v) is 6.91. The Morgan fingerprint density at radius 3 is 2.43 bits per heavy atom. The Morgan fingerprint density at radius 2 is 1.78 bits per heavy atom. The lowest BCUT2D eigenvalue weighted by Crippen LogP contribution is -2.42. The van der Waals surface area contributed by atoms with Gasteiger partial charge in [-0.3, -0.25) is 0 Å². The van der Waals surface area contributed by atoms with Crippen molar-refractivity contribution >= 4 is 12.2 Å². The van der Waals surface area contributed by atoms with Gasteiger partial charge in [-0.1, -0.05) is 42.0 Å². The molecule has 124 valence electrons. The molecular formula is C19H26N2O2. The quantitative estimate of drug-likeness (QED) is 0.777. The van der Waals surface area contributed by atoms with Crippen LogP contribution in [0.3, 0.4) is 0 Å². The lowest BCUT2D eigenvalue weighted by Gasteiger charge is -2.29. The Labute approximate surface area is 138 Å². The average molecular weight is 314 g/mol. The highest BCUT2D eigenvalue weighted by atomic mass is 16.4. The SMILES string of the molecule is C/C(=C\c1ccccc1)C1CC1N[C@H]1CC[C@H](NC(=O)O)CC1. The molecule has 2 fully saturated rings. The van der Waals surface area contributed by atoms with E-state index in [1.807, 2.05) is 6.07 Å². The van der Waals surface area contributed by atoms with E-state index in [0.717, 1.165) is 25.7 Å².